The van der Waals surface area contributed by atoms with Gasteiger partial charge in [-0.3, -0.25) is 0 Å². The summed E-state index contributed by atoms with van der Waals surface area (Å²) in [7, 11) is 3.47. The molecule has 130 valence electrons. The monoisotopic (exact) mass is 342 g/mol. The van der Waals surface area contributed by atoms with Gasteiger partial charge in [0.2, 0.25) is 0 Å². The van der Waals surface area contributed by atoms with E-state index in [1.54, 1.807) is 14.2 Å². The van der Waals surface area contributed by atoms with Gasteiger partial charge in [-0.15, -0.1) is 0 Å². The van der Waals surface area contributed by atoms with Crippen LogP contribution < -0.4 is 0 Å². The molecule has 4 aliphatic rings. The quantitative estimate of drug-likeness (QED) is 0.669. The van der Waals surface area contributed by atoms with Crippen molar-refractivity contribution in [2.45, 2.75) is 12.8 Å². The minimum absolute atomic E-state index is 0.870. The van der Waals surface area contributed by atoms with Gasteiger partial charge in [0.25, 0.3) is 0 Å². The summed E-state index contributed by atoms with van der Waals surface area (Å²) in [5.74, 6) is 1.74. The standard InChI is InChI=1S/C24H22O2/c1-25-21-13-11-17-7-3-5-9-19(15-17)23(21)24-20-10-6-4-8-18(16-20)12-14-22(24)26-2/h3-14H,15-16H2,1-2H3. The van der Waals surface area contributed by atoms with Crippen LogP contribution in [0.25, 0.3) is 0 Å². The second-order valence-electron chi connectivity index (χ2n) is 6.54. The van der Waals surface area contributed by atoms with Gasteiger partial charge in [0, 0.05) is 11.1 Å². The van der Waals surface area contributed by atoms with E-state index in [4.69, 9.17) is 9.47 Å². The van der Waals surface area contributed by atoms with E-state index in [2.05, 4.69) is 72.9 Å². The number of hydrogen-bond acceptors (Lipinski definition) is 2. The third-order valence-corrected chi connectivity index (χ3v) is 4.95. The van der Waals surface area contributed by atoms with Crippen LogP contribution in [0.1, 0.15) is 12.8 Å². The van der Waals surface area contributed by atoms with Crippen LogP contribution in [0.2, 0.25) is 0 Å². The molecular formula is C24H22O2. The Morgan fingerprint density at radius 1 is 0.577 bits per heavy atom. The van der Waals surface area contributed by atoms with E-state index in [0.717, 1.165) is 35.5 Å². The summed E-state index contributed by atoms with van der Waals surface area (Å²) >= 11 is 0. The summed E-state index contributed by atoms with van der Waals surface area (Å²) in [4.78, 5) is 0. The summed E-state index contributed by atoms with van der Waals surface area (Å²) in [5, 5.41) is 0. The predicted molar refractivity (Wildman–Crippen MR) is 106 cm³/mol. The maximum absolute atomic E-state index is 5.82. The molecule has 0 atom stereocenters. The fourth-order valence-corrected chi connectivity index (χ4v) is 3.71. The van der Waals surface area contributed by atoms with Gasteiger partial charge in [-0.25, -0.2) is 0 Å². The zero-order valence-electron chi connectivity index (χ0n) is 15.2. The first-order chi connectivity index (χ1) is 12.8. The minimum atomic E-state index is 0.870. The highest BCUT2D eigenvalue weighted by atomic mass is 16.5. The van der Waals surface area contributed by atoms with Crippen molar-refractivity contribution < 1.29 is 9.47 Å². The van der Waals surface area contributed by atoms with Crippen LogP contribution >= 0.6 is 0 Å². The second-order valence-corrected chi connectivity index (χ2v) is 6.54. The van der Waals surface area contributed by atoms with E-state index < -0.39 is 0 Å². The van der Waals surface area contributed by atoms with Gasteiger partial charge in [-0.05, 0) is 47.3 Å². The van der Waals surface area contributed by atoms with E-state index in [0.29, 0.717) is 0 Å². The van der Waals surface area contributed by atoms with E-state index in [9.17, 15) is 0 Å². The molecule has 4 rings (SSSR count). The number of rotatable bonds is 3. The third-order valence-electron chi connectivity index (χ3n) is 4.95. The lowest BCUT2D eigenvalue weighted by Crippen LogP contribution is -2.06. The summed E-state index contributed by atoms with van der Waals surface area (Å²) in [6.45, 7) is 0. The molecule has 26 heavy (non-hydrogen) atoms. The molecule has 4 bridgehead atoms. The molecule has 0 N–H and O–H groups in total. The molecule has 0 aromatic rings. The van der Waals surface area contributed by atoms with E-state index >= 15 is 0 Å². The molecule has 0 aromatic carbocycles. The lowest BCUT2D eigenvalue weighted by atomic mass is 9.86. The van der Waals surface area contributed by atoms with Crippen LogP contribution in [-0.4, -0.2) is 14.2 Å². The van der Waals surface area contributed by atoms with Gasteiger partial charge >= 0.3 is 0 Å². The van der Waals surface area contributed by atoms with Crippen LogP contribution in [-0.2, 0) is 9.47 Å². The highest BCUT2D eigenvalue weighted by molar-refractivity contribution is 5.67. The Labute approximate surface area is 154 Å². The molecule has 0 radical (unpaired) electrons. The van der Waals surface area contributed by atoms with Crippen LogP contribution in [0.3, 0.4) is 0 Å². The first-order valence-corrected chi connectivity index (χ1v) is 8.87. The van der Waals surface area contributed by atoms with Gasteiger partial charge in [-0.2, -0.15) is 0 Å². The normalized spacial score (nSPS) is 21.2. The molecule has 0 unspecified atom stereocenters. The van der Waals surface area contributed by atoms with Gasteiger partial charge in [-0.1, -0.05) is 60.8 Å². The SMILES string of the molecule is COC1=C(C2=C(OC)C=CC3=CC=CC=C2C3)C2=CC=CC=C(C=C1)C2. The number of fused-ring (bicyclic) bond motifs is 4. The highest BCUT2D eigenvalue weighted by Crippen LogP contribution is 2.41. The zero-order chi connectivity index (χ0) is 17.9. The van der Waals surface area contributed by atoms with Crippen LogP contribution in [0.15, 0.2) is 118 Å². The van der Waals surface area contributed by atoms with E-state index in [1.807, 2.05) is 0 Å². The summed E-state index contributed by atoms with van der Waals surface area (Å²) < 4.78 is 11.6. The van der Waals surface area contributed by atoms with Crippen molar-refractivity contribution in [3.8, 4) is 0 Å². The van der Waals surface area contributed by atoms with Crippen molar-refractivity contribution in [2.75, 3.05) is 14.2 Å². The van der Waals surface area contributed by atoms with Crippen molar-refractivity contribution in [2.24, 2.45) is 0 Å². The Kier molecular flexibility index (Phi) is 4.49. The summed E-state index contributed by atoms with van der Waals surface area (Å²) in [6.07, 6.45) is 27.2. The Bertz CT molecular complexity index is 857. The first-order valence-electron chi connectivity index (χ1n) is 8.87. The third kappa shape index (κ3) is 2.99. The lowest BCUT2D eigenvalue weighted by Gasteiger charge is -2.21. The van der Waals surface area contributed by atoms with Crippen molar-refractivity contribution in [1.29, 1.82) is 0 Å². The summed E-state index contributed by atoms with van der Waals surface area (Å²) in [6, 6.07) is 0. The Morgan fingerprint density at radius 3 is 1.42 bits per heavy atom. The van der Waals surface area contributed by atoms with Crippen molar-refractivity contribution in [1.82, 2.24) is 0 Å². The topological polar surface area (TPSA) is 18.5 Å². The Balaban J connectivity index is 1.98. The largest absolute Gasteiger partial charge is 0.496 e. The Morgan fingerprint density at radius 2 is 1.00 bits per heavy atom. The molecule has 0 aromatic heterocycles. The number of ether oxygens (including phenoxy) is 2. The van der Waals surface area contributed by atoms with Crippen LogP contribution in [0, 0.1) is 0 Å². The fraction of sp³-hybridized carbons (Fsp3) is 0.167. The zero-order valence-corrected chi connectivity index (χ0v) is 15.2. The average Bonchev–Trinajstić information content (AvgIpc) is 3.16. The number of methoxy groups -OCH3 is 2. The highest BCUT2D eigenvalue weighted by Gasteiger charge is 2.26. The van der Waals surface area contributed by atoms with Gasteiger partial charge < -0.3 is 9.47 Å². The molecule has 4 aliphatic carbocycles. The smallest absolute Gasteiger partial charge is 0.127 e. The van der Waals surface area contributed by atoms with Crippen molar-refractivity contribution in [3.05, 3.63) is 118 Å². The maximum atomic E-state index is 5.82. The molecule has 0 amide bonds. The van der Waals surface area contributed by atoms with E-state index in [1.165, 1.54) is 22.3 Å². The van der Waals surface area contributed by atoms with Crippen molar-refractivity contribution in [3.63, 3.8) is 0 Å². The molecule has 0 heterocycles. The van der Waals surface area contributed by atoms with Gasteiger partial charge in [0.05, 0.1) is 14.2 Å². The fourth-order valence-electron chi connectivity index (χ4n) is 3.71. The molecule has 0 saturated heterocycles. The predicted octanol–water partition coefficient (Wildman–Crippen LogP) is 5.55. The number of allylic oxidation sites excluding steroid dienone is 18. The molecule has 0 saturated carbocycles. The molecule has 0 spiro atoms. The molecular weight excluding hydrogens is 320 g/mol. The van der Waals surface area contributed by atoms with Crippen LogP contribution in [0.5, 0.6) is 0 Å². The average molecular weight is 342 g/mol. The molecule has 0 fully saturated rings. The first kappa shape index (κ1) is 16.5. The molecule has 2 nitrogen and oxygen atoms in total. The lowest BCUT2D eigenvalue weighted by molar-refractivity contribution is 0.296. The van der Waals surface area contributed by atoms with Crippen LogP contribution in [0.4, 0.5) is 0 Å². The minimum Gasteiger partial charge on any atom is -0.496 e. The van der Waals surface area contributed by atoms with E-state index in [-0.39, 0.29) is 0 Å². The maximum Gasteiger partial charge on any atom is 0.127 e. The van der Waals surface area contributed by atoms with Gasteiger partial charge in [0.1, 0.15) is 11.5 Å². The molecule has 0 aliphatic heterocycles. The summed E-state index contributed by atoms with van der Waals surface area (Å²) in [5.41, 5.74) is 7.26. The van der Waals surface area contributed by atoms with Crippen molar-refractivity contribution >= 4 is 0 Å². The Hall–Kier alpha value is -3.00. The van der Waals surface area contributed by atoms with Gasteiger partial charge in [0.15, 0.2) is 0 Å². The second kappa shape index (κ2) is 7.09. The number of hydrogen-bond donors (Lipinski definition) is 0. The molecule has 2 heteroatoms.